The van der Waals surface area contributed by atoms with Gasteiger partial charge in [0.1, 0.15) is 18.0 Å². The van der Waals surface area contributed by atoms with Gasteiger partial charge >= 0.3 is 0 Å². The minimum Gasteiger partial charge on any atom is -0.486 e. The Morgan fingerprint density at radius 3 is 2.71 bits per heavy atom. The van der Waals surface area contributed by atoms with Crippen molar-refractivity contribution in [3.63, 3.8) is 0 Å². The highest BCUT2D eigenvalue weighted by molar-refractivity contribution is 6.06. The van der Waals surface area contributed by atoms with E-state index in [1.807, 2.05) is 79.2 Å². The molecule has 0 radical (unpaired) electrons. The average molecular weight is 460 g/mol. The van der Waals surface area contributed by atoms with E-state index in [4.69, 9.17) is 14.2 Å². The number of hydrogen-bond donors (Lipinski definition) is 1. The molecule has 1 N–H and O–H groups in total. The maximum atomic E-state index is 13.0. The molecule has 0 saturated carbocycles. The van der Waals surface area contributed by atoms with Gasteiger partial charge in [0.15, 0.2) is 0 Å². The Morgan fingerprint density at radius 2 is 1.85 bits per heavy atom. The first-order chi connectivity index (χ1) is 16.6. The van der Waals surface area contributed by atoms with E-state index in [0.717, 1.165) is 22.5 Å². The zero-order chi connectivity index (χ0) is 23.8. The summed E-state index contributed by atoms with van der Waals surface area (Å²) < 4.78 is 18.9. The molecule has 176 valence electrons. The molecule has 4 rings (SSSR count). The summed E-state index contributed by atoms with van der Waals surface area (Å²) in [5, 5.41) is 2.96. The summed E-state index contributed by atoms with van der Waals surface area (Å²) in [7, 11) is 0. The monoisotopic (exact) mass is 459 g/mol. The summed E-state index contributed by atoms with van der Waals surface area (Å²) in [4.78, 5) is 17.7. The molecular formula is C27H29N3O4. The molecule has 2 heterocycles. The Hall–Kier alpha value is -3.68. The lowest BCUT2D eigenvalue weighted by atomic mass is 10.1. The fourth-order valence-corrected chi connectivity index (χ4v) is 3.60. The van der Waals surface area contributed by atoms with Gasteiger partial charge in [-0.1, -0.05) is 30.3 Å². The first kappa shape index (κ1) is 23.5. The van der Waals surface area contributed by atoms with Crippen LogP contribution in [0.5, 0.6) is 5.75 Å². The van der Waals surface area contributed by atoms with Gasteiger partial charge in [-0.05, 0) is 55.3 Å². The Balaban J connectivity index is 1.39. The third-order valence-corrected chi connectivity index (χ3v) is 5.26. The quantitative estimate of drug-likeness (QED) is 0.319. The summed E-state index contributed by atoms with van der Waals surface area (Å²) in [6.45, 7) is 6.47. The van der Waals surface area contributed by atoms with Crippen LogP contribution in [0.2, 0.25) is 0 Å². The van der Waals surface area contributed by atoms with Gasteiger partial charge in [-0.25, -0.2) is 4.98 Å². The van der Waals surface area contributed by atoms with E-state index >= 15 is 0 Å². The number of aryl methyl sites for hydroxylation is 1. The van der Waals surface area contributed by atoms with Crippen LogP contribution in [0.4, 0.5) is 5.69 Å². The van der Waals surface area contributed by atoms with Crippen LogP contribution in [0, 0.1) is 6.92 Å². The van der Waals surface area contributed by atoms with Crippen LogP contribution in [0.1, 0.15) is 34.1 Å². The molecule has 7 heteroatoms. The summed E-state index contributed by atoms with van der Waals surface area (Å²) in [6, 6.07) is 18.8. The van der Waals surface area contributed by atoms with Crippen LogP contribution >= 0.6 is 0 Å². The number of pyridine rings is 1. The van der Waals surface area contributed by atoms with Crippen LogP contribution in [-0.4, -0.2) is 35.1 Å². The number of amides is 1. The van der Waals surface area contributed by atoms with Crippen LogP contribution in [-0.2, 0) is 22.7 Å². The van der Waals surface area contributed by atoms with Crippen molar-refractivity contribution in [1.82, 2.24) is 9.38 Å². The fourth-order valence-electron chi connectivity index (χ4n) is 3.60. The lowest BCUT2D eigenvalue weighted by Crippen LogP contribution is -2.14. The van der Waals surface area contributed by atoms with E-state index in [0.29, 0.717) is 43.4 Å². The van der Waals surface area contributed by atoms with Crippen molar-refractivity contribution in [3.8, 4) is 5.75 Å². The van der Waals surface area contributed by atoms with E-state index in [9.17, 15) is 4.79 Å². The minimum absolute atomic E-state index is 0.240. The fraction of sp³-hybridized carbons (Fsp3) is 0.259. The number of fused-ring (bicyclic) bond motifs is 1. The molecular weight excluding hydrogens is 430 g/mol. The third-order valence-electron chi connectivity index (χ3n) is 5.26. The number of para-hydroxylation sites is 1. The van der Waals surface area contributed by atoms with E-state index in [-0.39, 0.29) is 12.5 Å². The Bertz CT molecular complexity index is 1250. The second kappa shape index (κ2) is 11.4. The topological polar surface area (TPSA) is 74.1 Å². The van der Waals surface area contributed by atoms with E-state index in [2.05, 4.69) is 10.3 Å². The highest BCUT2D eigenvalue weighted by Crippen LogP contribution is 2.22. The minimum atomic E-state index is -0.240. The van der Waals surface area contributed by atoms with Gasteiger partial charge in [0.2, 0.25) is 0 Å². The normalized spacial score (nSPS) is 11.0. The molecule has 0 aliphatic rings. The number of ether oxygens (including phenoxy) is 3. The lowest BCUT2D eigenvalue weighted by Gasteiger charge is -2.12. The number of carbonyl (C=O) groups excluding carboxylic acids is 1. The number of nitrogens with one attached hydrogen (secondary N) is 1. The summed E-state index contributed by atoms with van der Waals surface area (Å²) >= 11 is 0. The SMILES string of the molecule is CCOCCOCc1cccc(NC(=O)c2ccccc2OCc2cn3cccc(C)c3n2)c1. The molecule has 0 spiro atoms. The zero-order valence-corrected chi connectivity index (χ0v) is 19.5. The Labute approximate surface area is 199 Å². The number of rotatable bonds is 11. The molecule has 0 fully saturated rings. The number of benzene rings is 2. The summed E-state index contributed by atoms with van der Waals surface area (Å²) in [6.07, 6.45) is 3.89. The molecule has 0 bridgehead atoms. The molecule has 0 saturated heterocycles. The second-order valence-corrected chi connectivity index (χ2v) is 7.84. The standard InChI is InChI=1S/C27H29N3O4/c1-3-32-14-15-33-18-21-9-6-10-22(16-21)29-27(31)24-11-4-5-12-25(24)34-19-23-17-30-13-7-8-20(2)26(30)28-23/h4-13,16-17H,3,14-15,18-19H2,1-2H3,(H,29,31). The number of imidazole rings is 1. The maximum absolute atomic E-state index is 13.0. The van der Waals surface area contributed by atoms with Gasteiger partial charge in [-0.15, -0.1) is 0 Å². The highest BCUT2D eigenvalue weighted by Gasteiger charge is 2.14. The molecule has 0 aliphatic heterocycles. The highest BCUT2D eigenvalue weighted by atomic mass is 16.5. The Kier molecular flexibility index (Phi) is 7.91. The summed E-state index contributed by atoms with van der Waals surface area (Å²) in [5.41, 5.74) is 4.91. The molecule has 7 nitrogen and oxygen atoms in total. The number of carbonyl (C=O) groups is 1. The number of anilines is 1. The Morgan fingerprint density at radius 1 is 1.00 bits per heavy atom. The predicted octanol–water partition coefficient (Wildman–Crippen LogP) is 5.03. The molecule has 0 unspecified atom stereocenters. The van der Waals surface area contributed by atoms with E-state index in [1.54, 1.807) is 12.1 Å². The van der Waals surface area contributed by atoms with Crippen LogP contribution < -0.4 is 10.1 Å². The van der Waals surface area contributed by atoms with Crippen molar-refractivity contribution >= 4 is 17.2 Å². The van der Waals surface area contributed by atoms with Crippen LogP contribution in [0.3, 0.4) is 0 Å². The number of hydrogen-bond acceptors (Lipinski definition) is 5. The largest absolute Gasteiger partial charge is 0.486 e. The van der Waals surface area contributed by atoms with Crippen molar-refractivity contribution in [2.24, 2.45) is 0 Å². The average Bonchev–Trinajstić information content (AvgIpc) is 3.28. The maximum Gasteiger partial charge on any atom is 0.259 e. The summed E-state index contributed by atoms with van der Waals surface area (Å²) in [5.74, 6) is 0.264. The van der Waals surface area contributed by atoms with Crippen LogP contribution in [0.25, 0.3) is 5.65 Å². The zero-order valence-electron chi connectivity index (χ0n) is 19.5. The van der Waals surface area contributed by atoms with E-state index in [1.165, 1.54) is 0 Å². The first-order valence-corrected chi connectivity index (χ1v) is 11.3. The lowest BCUT2D eigenvalue weighted by molar-refractivity contribution is 0.0453. The van der Waals surface area contributed by atoms with Gasteiger partial charge < -0.3 is 23.9 Å². The molecule has 4 aromatic rings. The number of nitrogens with zero attached hydrogens (tertiary/aromatic N) is 2. The molecule has 2 aromatic heterocycles. The number of aromatic nitrogens is 2. The van der Waals surface area contributed by atoms with Crippen molar-refractivity contribution < 1.29 is 19.0 Å². The first-order valence-electron chi connectivity index (χ1n) is 11.3. The predicted molar refractivity (Wildman–Crippen MR) is 131 cm³/mol. The van der Waals surface area contributed by atoms with Gasteiger partial charge in [0.05, 0.1) is 31.1 Å². The van der Waals surface area contributed by atoms with E-state index < -0.39 is 0 Å². The second-order valence-electron chi connectivity index (χ2n) is 7.84. The van der Waals surface area contributed by atoms with Gasteiger partial charge in [0, 0.05) is 24.7 Å². The molecule has 0 aliphatic carbocycles. The third kappa shape index (κ3) is 6.01. The van der Waals surface area contributed by atoms with Crippen molar-refractivity contribution in [1.29, 1.82) is 0 Å². The molecule has 0 atom stereocenters. The molecule has 2 aromatic carbocycles. The molecule has 34 heavy (non-hydrogen) atoms. The smallest absolute Gasteiger partial charge is 0.259 e. The van der Waals surface area contributed by atoms with Gasteiger partial charge in [-0.2, -0.15) is 0 Å². The molecule has 1 amide bonds. The van der Waals surface area contributed by atoms with Crippen molar-refractivity contribution in [2.75, 3.05) is 25.1 Å². The van der Waals surface area contributed by atoms with Crippen LogP contribution in [0.15, 0.2) is 73.1 Å². The van der Waals surface area contributed by atoms with Crippen molar-refractivity contribution in [2.45, 2.75) is 27.1 Å². The van der Waals surface area contributed by atoms with Gasteiger partial charge in [-0.3, -0.25) is 4.79 Å². The van der Waals surface area contributed by atoms with Crippen molar-refractivity contribution in [3.05, 3.63) is 95.4 Å². The van der Waals surface area contributed by atoms with Gasteiger partial charge in [0.25, 0.3) is 5.91 Å².